The maximum Gasteiger partial charge on any atom is 0.408 e. The fraction of sp³-hybridized carbons (Fsp3) is 0.419. The number of amides is 3. The van der Waals surface area contributed by atoms with Crippen LogP contribution in [0, 0.1) is 5.92 Å². The zero-order chi connectivity index (χ0) is 29.1. The quantitative estimate of drug-likeness (QED) is 0.410. The Hall–Kier alpha value is -3.98. The van der Waals surface area contributed by atoms with Gasteiger partial charge < -0.3 is 19.5 Å². The fourth-order valence-corrected chi connectivity index (χ4v) is 4.32. The fourth-order valence-electron chi connectivity index (χ4n) is 4.32. The Bertz CT molecular complexity index is 1180. The number of likely N-dealkylation sites (tertiary alicyclic amines) is 1. The lowest BCUT2D eigenvalue weighted by Gasteiger charge is -2.28. The minimum Gasteiger partial charge on any atom is -0.464 e. The van der Waals surface area contributed by atoms with Gasteiger partial charge >= 0.3 is 12.1 Å². The molecule has 0 unspecified atom stereocenters. The lowest BCUT2D eigenvalue weighted by atomic mass is 10.0. The van der Waals surface area contributed by atoms with Crippen molar-refractivity contribution in [3.8, 4) is 0 Å². The minimum atomic E-state index is -1.27. The molecule has 1 aliphatic heterocycles. The topological polar surface area (TPSA) is 111 Å². The monoisotopic (exact) mass is 550 g/mol. The van der Waals surface area contributed by atoms with Crippen LogP contribution in [0.3, 0.4) is 0 Å². The van der Waals surface area contributed by atoms with Crippen LogP contribution in [0.15, 0.2) is 66.7 Å². The molecule has 1 aliphatic rings. The first-order valence-electron chi connectivity index (χ1n) is 13.5. The second kappa shape index (κ2) is 14.4. The molecular weight excluding hydrogens is 512 g/mol. The molecular formula is C31H38N2O7. The van der Waals surface area contributed by atoms with Gasteiger partial charge in [0.15, 0.2) is 0 Å². The van der Waals surface area contributed by atoms with Crippen LogP contribution in [0.25, 0.3) is 6.08 Å². The number of ether oxygens (including phenoxy) is 3. The molecule has 1 fully saturated rings. The molecule has 3 atom stereocenters. The lowest BCUT2D eigenvalue weighted by Crippen LogP contribution is -2.55. The average Bonchev–Trinajstić information content (AvgIpc) is 3.24. The highest BCUT2D eigenvalue weighted by molar-refractivity contribution is 6.05. The van der Waals surface area contributed by atoms with Crippen LogP contribution in [-0.4, -0.2) is 59.7 Å². The predicted molar refractivity (Wildman–Crippen MR) is 150 cm³/mol. The second-order valence-corrected chi connectivity index (χ2v) is 10.5. The van der Waals surface area contributed by atoms with E-state index in [1.165, 1.54) is 0 Å². The summed E-state index contributed by atoms with van der Waals surface area (Å²) >= 11 is 0. The van der Waals surface area contributed by atoms with Gasteiger partial charge in [0.25, 0.3) is 5.91 Å². The summed E-state index contributed by atoms with van der Waals surface area (Å²) in [4.78, 5) is 53.7. The molecule has 9 nitrogen and oxygen atoms in total. The Morgan fingerprint density at radius 2 is 1.70 bits per heavy atom. The summed E-state index contributed by atoms with van der Waals surface area (Å²) in [5.74, 6) is -2.53. The van der Waals surface area contributed by atoms with Crippen molar-refractivity contribution in [3.63, 3.8) is 0 Å². The normalized spacial score (nSPS) is 18.0. The molecule has 0 spiro atoms. The molecule has 3 amide bonds. The SMILES string of the molecule is CCOC(=O)[C@@H]1C[C@H](C/C=C/c2ccccc2)C(=O)N1C(=O)[C@@H](COCc1ccccc1)NC(=O)OC(C)(C)C. The van der Waals surface area contributed by atoms with Crippen LogP contribution in [0.2, 0.25) is 0 Å². The number of esters is 1. The Labute approximate surface area is 235 Å². The van der Waals surface area contributed by atoms with Crippen LogP contribution in [0.4, 0.5) is 4.79 Å². The third-order valence-electron chi connectivity index (χ3n) is 6.12. The number of allylic oxidation sites excluding steroid dienone is 1. The molecule has 0 saturated carbocycles. The minimum absolute atomic E-state index is 0.101. The molecule has 2 aromatic rings. The molecule has 1 saturated heterocycles. The molecule has 40 heavy (non-hydrogen) atoms. The van der Waals surface area contributed by atoms with Crippen molar-refractivity contribution in [2.45, 2.75) is 64.8 Å². The number of rotatable bonds is 11. The van der Waals surface area contributed by atoms with E-state index in [0.29, 0.717) is 6.42 Å². The molecule has 0 bridgehead atoms. The predicted octanol–water partition coefficient (Wildman–Crippen LogP) is 4.51. The van der Waals surface area contributed by atoms with Gasteiger partial charge in [0, 0.05) is 5.92 Å². The standard InChI is InChI=1S/C31H38N2O7/c1-5-39-29(36)26-19-24(18-12-17-22-13-8-6-9-14-22)27(34)33(26)28(35)25(32-30(37)40-31(2,3)4)21-38-20-23-15-10-7-11-16-23/h6-17,24-26H,5,18-21H2,1-4H3,(H,32,37)/b17-12+/t24-,25+,26-/m0/s1. The molecule has 1 N–H and O–H groups in total. The first kappa shape index (κ1) is 30.6. The van der Waals surface area contributed by atoms with Gasteiger partial charge in [-0.1, -0.05) is 72.8 Å². The number of hydrogen-bond donors (Lipinski definition) is 1. The second-order valence-electron chi connectivity index (χ2n) is 10.5. The number of nitrogens with one attached hydrogen (secondary N) is 1. The van der Waals surface area contributed by atoms with Gasteiger partial charge in [0.2, 0.25) is 5.91 Å². The first-order valence-corrected chi connectivity index (χ1v) is 13.5. The molecule has 0 aliphatic carbocycles. The summed E-state index contributed by atoms with van der Waals surface area (Å²) in [7, 11) is 0. The van der Waals surface area contributed by atoms with E-state index in [1.54, 1.807) is 27.7 Å². The molecule has 3 rings (SSSR count). The molecule has 9 heteroatoms. The van der Waals surface area contributed by atoms with Gasteiger partial charge in [0.1, 0.15) is 17.7 Å². The third-order valence-corrected chi connectivity index (χ3v) is 6.12. The summed E-state index contributed by atoms with van der Waals surface area (Å²) < 4.78 is 16.3. The number of carbonyl (C=O) groups is 4. The molecule has 0 aromatic heterocycles. The Kier molecular flexibility index (Phi) is 11.0. The third kappa shape index (κ3) is 9.05. The van der Waals surface area contributed by atoms with Crippen molar-refractivity contribution in [2.24, 2.45) is 5.92 Å². The summed E-state index contributed by atoms with van der Waals surface area (Å²) in [6.45, 7) is 6.81. The molecule has 0 radical (unpaired) electrons. The lowest BCUT2D eigenvalue weighted by molar-refractivity contribution is -0.158. The summed E-state index contributed by atoms with van der Waals surface area (Å²) in [6, 6.07) is 16.6. The van der Waals surface area contributed by atoms with Crippen molar-refractivity contribution in [1.29, 1.82) is 0 Å². The van der Waals surface area contributed by atoms with Gasteiger partial charge in [-0.15, -0.1) is 0 Å². The van der Waals surface area contributed by atoms with Gasteiger partial charge in [-0.2, -0.15) is 0 Å². The van der Waals surface area contributed by atoms with E-state index in [0.717, 1.165) is 16.0 Å². The maximum absolute atomic E-state index is 13.8. The van der Waals surface area contributed by atoms with Crippen LogP contribution in [0.1, 0.15) is 51.7 Å². The maximum atomic E-state index is 13.8. The largest absolute Gasteiger partial charge is 0.464 e. The van der Waals surface area contributed by atoms with Gasteiger partial charge in [-0.05, 0) is 51.7 Å². The number of nitrogens with zero attached hydrogens (tertiary/aromatic N) is 1. The smallest absolute Gasteiger partial charge is 0.408 e. The van der Waals surface area contributed by atoms with Crippen LogP contribution >= 0.6 is 0 Å². The number of carbonyl (C=O) groups excluding carboxylic acids is 4. The number of alkyl carbamates (subject to hydrolysis) is 1. The van der Waals surface area contributed by atoms with Crippen LogP contribution in [-0.2, 0) is 35.2 Å². The van der Waals surface area contributed by atoms with Crippen LogP contribution in [0.5, 0.6) is 0 Å². The van der Waals surface area contributed by atoms with Crippen LogP contribution < -0.4 is 5.32 Å². The number of hydrogen-bond acceptors (Lipinski definition) is 7. The summed E-state index contributed by atoms with van der Waals surface area (Å²) in [5.41, 5.74) is 1.04. The van der Waals surface area contributed by atoms with Crippen molar-refractivity contribution in [1.82, 2.24) is 10.2 Å². The Balaban J connectivity index is 1.79. The van der Waals surface area contributed by atoms with Crippen molar-refractivity contribution in [3.05, 3.63) is 77.9 Å². The highest BCUT2D eigenvalue weighted by Gasteiger charge is 2.48. The Morgan fingerprint density at radius 3 is 2.33 bits per heavy atom. The van der Waals surface area contributed by atoms with Crippen molar-refractivity contribution < 1.29 is 33.4 Å². The van der Waals surface area contributed by atoms with Crippen molar-refractivity contribution in [2.75, 3.05) is 13.2 Å². The van der Waals surface area contributed by atoms with E-state index >= 15 is 0 Å². The van der Waals surface area contributed by atoms with Gasteiger partial charge in [-0.25, -0.2) is 9.59 Å². The van der Waals surface area contributed by atoms with E-state index in [2.05, 4.69) is 5.32 Å². The van der Waals surface area contributed by atoms with Gasteiger partial charge in [0.05, 0.1) is 19.8 Å². The number of benzene rings is 2. The highest BCUT2D eigenvalue weighted by atomic mass is 16.6. The molecule has 2 aromatic carbocycles. The summed E-state index contributed by atoms with van der Waals surface area (Å²) in [5, 5.41) is 2.53. The van der Waals surface area contributed by atoms with E-state index in [4.69, 9.17) is 14.2 Å². The van der Waals surface area contributed by atoms with E-state index in [9.17, 15) is 19.2 Å². The Morgan fingerprint density at radius 1 is 1.05 bits per heavy atom. The molecule has 214 valence electrons. The average molecular weight is 551 g/mol. The molecule has 1 heterocycles. The zero-order valence-electron chi connectivity index (χ0n) is 23.5. The zero-order valence-corrected chi connectivity index (χ0v) is 23.5. The number of imide groups is 1. The highest BCUT2D eigenvalue weighted by Crippen LogP contribution is 2.30. The van der Waals surface area contributed by atoms with Gasteiger partial charge in [-0.3, -0.25) is 14.5 Å². The van der Waals surface area contributed by atoms with E-state index in [1.807, 2.05) is 72.8 Å². The van der Waals surface area contributed by atoms with Crippen molar-refractivity contribution >= 4 is 30.0 Å². The summed E-state index contributed by atoms with van der Waals surface area (Å²) in [6.07, 6.45) is 3.36. The first-order chi connectivity index (χ1) is 19.1. The van der Waals surface area contributed by atoms with E-state index < -0.39 is 47.5 Å². The van der Waals surface area contributed by atoms with E-state index in [-0.39, 0.29) is 26.2 Å².